The third-order valence-corrected chi connectivity index (χ3v) is 7.27. The normalized spacial score (nSPS) is 23.9. The number of alkyl halides is 6. The summed E-state index contributed by atoms with van der Waals surface area (Å²) < 4.78 is 90.3. The van der Waals surface area contributed by atoms with Gasteiger partial charge in [-0.2, -0.15) is 31.4 Å². The highest BCUT2D eigenvalue weighted by atomic mass is 19.4. The summed E-state index contributed by atoms with van der Waals surface area (Å²) in [4.78, 5) is 32.4. The van der Waals surface area contributed by atoms with Crippen LogP contribution >= 0.6 is 0 Å². The zero-order valence-electron chi connectivity index (χ0n) is 21.2. The van der Waals surface area contributed by atoms with E-state index in [-0.39, 0.29) is 37.0 Å². The molecule has 218 valence electrons. The van der Waals surface area contributed by atoms with Gasteiger partial charge in [0.15, 0.2) is 11.6 Å². The molecule has 5 heterocycles. The minimum Gasteiger partial charge on any atom is -0.488 e. The molecule has 4 atom stereocenters. The highest BCUT2D eigenvalue weighted by molar-refractivity contribution is 5.83. The molecule has 2 N–H and O–H groups in total. The van der Waals surface area contributed by atoms with Crippen LogP contribution in [0.25, 0.3) is 0 Å². The predicted octanol–water partition coefficient (Wildman–Crippen LogP) is 3.05. The van der Waals surface area contributed by atoms with Crippen LogP contribution in [0.3, 0.4) is 0 Å². The van der Waals surface area contributed by atoms with Gasteiger partial charge in [-0.05, 0) is 25.8 Å². The van der Waals surface area contributed by atoms with Crippen LogP contribution in [-0.2, 0) is 21.9 Å². The molecule has 1 unspecified atom stereocenters. The van der Waals surface area contributed by atoms with Gasteiger partial charge >= 0.3 is 12.4 Å². The lowest BCUT2D eigenvalue weighted by molar-refractivity contribution is -0.140. The Labute approximate surface area is 223 Å². The molecule has 2 saturated heterocycles. The van der Waals surface area contributed by atoms with Gasteiger partial charge in [-0.15, -0.1) is 0 Å². The zero-order valence-corrected chi connectivity index (χ0v) is 21.2. The number of rotatable bonds is 6. The van der Waals surface area contributed by atoms with Gasteiger partial charge in [0.1, 0.15) is 18.3 Å². The smallest absolute Gasteiger partial charge is 0.423 e. The highest BCUT2D eigenvalue weighted by Gasteiger charge is 2.43. The maximum Gasteiger partial charge on any atom is 0.423 e. The van der Waals surface area contributed by atoms with E-state index in [4.69, 9.17) is 9.47 Å². The van der Waals surface area contributed by atoms with Gasteiger partial charge in [0.25, 0.3) is 11.5 Å². The first-order valence-electron chi connectivity index (χ1n) is 12.6. The van der Waals surface area contributed by atoms with Crippen molar-refractivity contribution in [3.63, 3.8) is 0 Å². The zero-order chi connectivity index (χ0) is 28.8. The summed E-state index contributed by atoms with van der Waals surface area (Å²) in [5, 5.41) is 7.76. The number of amides is 1. The number of H-pyrrole nitrogens is 1. The number of aromatic nitrogens is 3. The topological polar surface area (TPSA) is 113 Å². The van der Waals surface area contributed by atoms with Crippen LogP contribution in [0, 0.1) is 0 Å². The van der Waals surface area contributed by atoms with Crippen molar-refractivity contribution in [2.24, 2.45) is 0 Å². The third kappa shape index (κ3) is 5.53. The van der Waals surface area contributed by atoms with Gasteiger partial charge in [0.05, 0.1) is 30.1 Å². The molecule has 16 heteroatoms. The van der Waals surface area contributed by atoms with E-state index in [1.54, 1.807) is 16.9 Å². The number of hydrogen-bond donors (Lipinski definition) is 2. The molecule has 5 rings (SSSR count). The molecule has 2 fully saturated rings. The fourth-order valence-electron chi connectivity index (χ4n) is 5.40. The first kappa shape index (κ1) is 28.0. The van der Waals surface area contributed by atoms with Crippen molar-refractivity contribution in [2.75, 3.05) is 36.5 Å². The van der Waals surface area contributed by atoms with E-state index < -0.39 is 46.9 Å². The first-order valence-corrected chi connectivity index (χ1v) is 12.6. The number of carbonyl (C=O) groups excluding carboxylic acids is 1. The Hall–Kier alpha value is -3.56. The van der Waals surface area contributed by atoms with Crippen LogP contribution in [0.4, 0.5) is 37.8 Å². The number of carbonyl (C=O) groups is 1. The third-order valence-electron chi connectivity index (χ3n) is 7.27. The average Bonchev–Trinajstić information content (AvgIpc) is 3.25. The lowest BCUT2D eigenvalue weighted by Gasteiger charge is -2.45. The van der Waals surface area contributed by atoms with Gasteiger partial charge in [0.2, 0.25) is 0 Å². The van der Waals surface area contributed by atoms with Crippen molar-refractivity contribution in [1.29, 1.82) is 0 Å². The number of likely N-dealkylation sites (tertiary alicyclic amines) is 1. The molecule has 1 amide bonds. The Morgan fingerprint density at radius 2 is 1.85 bits per heavy atom. The SMILES string of the molecule is C[C@@H](CO[C@H]1CCN(C2CCN3c4ncc(C(F)(F)F)cc4OC[C@@H]3C2)C1=O)Nc1cn[nH]c(=O)c1C(F)(F)F. The molecule has 10 nitrogen and oxygen atoms in total. The van der Waals surface area contributed by atoms with E-state index in [2.05, 4.69) is 15.4 Å². The van der Waals surface area contributed by atoms with Crippen molar-refractivity contribution in [1.82, 2.24) is 20.1 Å². The molecule has 0 radical (unpaired) electrons. The minimum absolute atomic E-state index is 0.0798. The van der Waals surface area contributed by atoms with Crippen LogP contribution in [0.15, 0.2) is 23.3 Å². The molecule has 40 heavy (non-hydrogen) atoms. The summed E-state index contributed by atoms with van der Waals surface area (Å²) in [5.41, 5.74) is -4.13. The number of hydrogen-bond acceptors (Lipinski definition) is 8. The van der Waals surface area contributed by atoms with E-state index in [9.17, 15) is 35.9 Å². The Bertz CT molecular complexity index is 1320. The number of fused-ring (bicyclic) bond motifs is 3. The Morgan fingerprint density at radius 1 is 1.10 bits per heavy atom. The van der Waals surface area contributed by atoms with Crippen LogP contribution in [0.5, 0.6) is 5.75 Å². The first-order chi connectivity index (χ1) is 18.8. The van der Waals surface area contributed by atoms with E-state index in [1.807, 2.05) is 4.90 Å². The van der Waals surface area contributed by atoms with E-state index >= 15 is 0 Å². The van der Waals surface area contributed by atoms with Gasteiger partial charge in [0, 0.05) is 37.8 Å². The summed E-state index contributed by atoms with van der Waals surface area (Å²) in [7, 11) is 0. The van der Waals surface area contributed by atoms with Gasteiger partial charge in [-0.25, -0.2) is 10.1 Å². The molecule has 0 saturated carbocycles. The van der Waals surface area contributed by atoms with Crippen LogP contribution in [0.2, 0.25) is 0 Å². The number of nitrogens with zero attached hydrogens (tertiary/aromatic N) is 4. The fraction of sp³-hybridized carbons (Fsp3) is 0.583. The van der Waals surface area contributed by atoms with E-state index in [0.29, 0.717) is 38.2 Å². The number of ether oxygens (including phenoxy) is 2. The predicted molar refractivity (Wildman–Crippen MR) is 128 cm³/mol. The summed E-state index contributed by atoms with van der Waals surface area (Å²) in [6, 6.07) is -0.0191. The van der Waals surface area contributed by atoms with Gasteiger partial charge in [-0.1, -0.05) is 0 Å². The van der Waals surface area contributed by atoms with Crippen molar-refractivity contribution >= 4 is 17.4 Å². The number of halogens is 6. The minimum atomic E-state index is -4.88. The van der Waals surface area contributed by atoms with Crippen molar-refractivity contribution in [3.05, 3.63) is 39.9 Å². The Balaban J connectivity index is 1.16. The second kappa shape index (κ2) is 10.4. The largest absolute Gasteiger partial charge is 0.488 e. The molecule has 2 aromatic heterocycles. The monoisotopic (exact) mass is 576 g/mol. The van der Waals surface area contributed by atoms with Crippen LogP contribution < -0.4 is 20.5 Å². The van der Waals surface area contributed by atoms with E-state index in [0.717, 1.165) is 18.5 Å². The molecule has 0 bridgehead atoms. The van der Waals surface area contributed by atoms with Crippen LogP contribution in [0.1, 0.15) is 37.3 Å². The number of aromatic amines is 1. The average molecular weight is 576 g/mol. The summed E-state index contributed by atoms with van der Waals surface area (Å²) in [6.07, 6.45) is -7.02. The number of anilines is 2. The van der Waals surface area contributed by atoms with Crippen molar-refractivity contribution < 1.29 is 40.6 Å². The number of nitrogens with one attached hydrogen (secondary N) is 2. The fourth-order valence-corrected chi connectivity index (χ4v) is 5.40. The second-order valence-electron chi connectivity index (χ2n) is 10.1. The highest BCUT2D eigenvalue weighted by Crippen LogP contribution is 2.40. The molecule has 0 aromatic carbocycles. The molecule has 0 aliphatic carbocycles. The quantitative estimate of drug-likeness (QED) is 0.505. The molecule has 0 spiro atoms. The Morgan fingerprint density at radius 3 is 2.58 bits per heavy atom. The van der Waals surface area contributed by atoms with Crippen LogP contribution in [-0.4, -0.2) is 76.5 Å². The summed E-state index contributed by atoms with van der Waals surface area (Å²) in [5.74, 6) is 0.197. The lowest BCUT2D eigenvalue weighted by Crippen LogP contribution is -2.54. The number of pyridine rings is 1. The molecular formula is C24H26F6N6O4. The summed E-state index contributed by atoms with van der Waals surface area (Å²) in [6.45, 7) is 2.54. The van der Waals surface area contributed by atoms with E-state index in [1.165, 1.54) is 0 Å². The summed E-state index contributed by atoms with van der Waals surface area (Å²) >= 11 is 0. The molecule has 3 aliphatic heterocycles. The maximum atomic E-state index is 13.3. The molecule has 3 aliphatic rings. The van der Waals surface area contributed by atoms with Crippen molar-refractivity contribution in [3.8, 4) is 5.75 Å². The van der Waals surface area contributed by atoms with Gasteiger partial charge < -0.3 is 24.6 Å². The Kier molecular flexibility index (Phi) is 7.31. The second-order valence-corrected chi connectivity index (χ2v) is 10.1. The molecular weight excluding hydrogens is 550 g/mol. The number of piperidine rings is 1. The lowest BCUT2D eigenvalue weighted by atomic mass is 9.95. The maximum absolute atomic E-state index is 13.3. The van der Waals surface area contributed by atoms with Gasteiger partial charge in [-0.3, -0.25) is 9.59 Å². The standard InChI is InChI=1S/C24H26F6N6O4/c1-12(33-16-9-32-34-21(37)19(16)24(28,29)30)10-39-17-3-5-36(22(17)38)14-2-4-35-15(7-14)11-40-18-6-13(23(25,26)27)8-31-20(18)35/h6,8-9,12,14-15,17H,2-5,7,10-11H2,1H3,(H2,33,34,37)/t12-,14?,15-,17-/m0/s1. The molecule has 2 aromatic rings. The van der Waals surface area contributed by atoms with Crippen molar-refractivity contribution in [2.45, 2.75) is 62.8 Å².